The Morgan fingerprint density at radius 1 is 1.24 bits per heavy atom. The highest BCUT2D eigenvalue weighted by molar-refractivity contribution is 5.31. The zero-order valence-electron chi connectivity index (χ0n) is 9.81. The first-order chi connectivity index (χ1) is 8.08. The van der Waals surface area contributed by atoms with Crippen molar-refractivity contribution in [2.45, 2.75) is 19.9 Å². The Morgan fingerprint density at radius 2 is 2.00 bits per heavy atom. The van der Waals surface area contributed by atoms with Crippen LogP contribution in [0.2, 0.25) is 0 Å². The van der Waals surface area contributed by atoms with Gasteiger partial charge in [-0.25, -0.2) is 14.4 Å². The Kier molecular flexibility index (Phi) is 3.15. The molecule has 0 fully saturated rings. The molecule has 0 bridgehead atoms. The SMILES string of the molecule is Cc1ccc(F)c(C(N)c2ccnc(C)n2)c1. The smallest absolute Gasteiger partial charge is 0.128 e. The minimum atomic E-state index is -0.559. The molecule has 1 heterocycles. The van der Waals surface area contributed by atoms with Gasteiger partial charge in [-0.05, 0) is 26.0 Å². The van der Waals surface area contributed by atoms with Gasteiger partial charge in [0, 0.05) is 11.8 Å². The molecule has 0 radical (unpaired) electrons. The number of hydrogen-bond donors (Lipinski definition) is 1. The predicted octanol–water partition coefficient (Wildman–Crippen LogP) is 2.28. The molecule has 17 heavy (non-hydrogen) atoms. The van der Waals surface area contributed by atoms with Crippen LogP contribution in [0.1, 0.15) is 28.7 Å². The summed E-state index contributed by atoms with van der Waals surface area (Å²) in [4.78, 5) is 8.21. The fourth-order valence-electron chi connectivity index (χ4n) is 1.71. The monoisotopic (exact) mass is 231 g/mol. The number of nitrogens with two attached hydrogens (primary N) is 1. The summed E-state index contributed by atoms with van der Waals surface area (Å²) < 4.78 is 13.7. The van der Waals surface area contributed by atoms with Crippen LogP contribution in [0, 0.1) is 19.7 Å². The van der Waals surface area contributed by atoms with Gasteiger partial charge in [-0.15, -0.1) is 0 Å². The zero-order chi connectivity index (χ0) is 12.4. The van der Waals surface area contributed by atoms with E-state index < -0.39 is 6.04 Å². The second-order valence-corrected chi connectivity index (χ2v) is 4.03. The fourth-order valence-corrected chi connectivity index (χ4v) is 1.71. The van der Waals surface area contributed by atoms with Gasteiger partial charge in [0.2, 0.25) is 0 Å². The molecule has 0 saturated carbocycles. The first kappa shape index (κ1) is 11.7. The largest absolute Gasteiger partial charge is 0.319 e. The van der Waals surface area contributed by atoms with Crippen LogP contribution < -0.4 is 5.73 Å². The minimum Gasteiger partial charge on any atom is -0.319 e. The second-order valence-electron chi connectivity index (χ2n) is 4.03. The third kappa shape index (κ3) is 2.47. The van der Waals surface area contributed by atoms with Crippen LogP contribution in [-0.4, -0.2) is 9.97 Å². The van der Waals surface area contributed by atoms with E-state index in [1.54, 1.807) is 31.3 Å². The topological polar surface area (TPSA) is 51.8 Å². The van der Waals surface area contributed by atoms with Gasteiger partial charge in [-0.3, -0.25) is 0 Å². The molecule has 2 N–H and O–H groups in total. The molecule has 1 atom stereocenters. The summed E-state index contributed by atoms with van der Waals surface area (Å²) in [6.07, 6.45) is 1.63. The van der Waals surface area contributed by atoms with Gasteiger partial charge in [0.15, 0.2) is 0 Å². The van der Waals surface area contributed by atoms with Gasteiger partial charge in [0.1, 0.15) is 11.6 Å². The molecule has 1 aromatic carbocycles. The van der Waals surface area contributed by atoms with Crippen molar-refractivity contribution in [1.29, 1.82) is 0 Å². The number of aryl methyl sites for hydroxylation is 2. The summed E-state index contributed by atoms with van der Waals surface area (Å²) in [5.74, 6) is 0.324. The maximum Gasteiger partial charge on any atom is 0.128 e. The molecule has 3 nitrogen and oxygen atoms in total. The molecule has 0 aliphatic carbocycles. The number of halogens is 1. The lowest BCUT2D eigenvalue weighted by Gasteiger charge is -2.13. The lowest BCUT2D eigenvalue weighted by Crippen LogP contribution is -2.16. The number of rotatable bonds is 2. The van der Waals surface area contributed by atoms with Crippen molar-refractivity contribution in [3.63, 3.8) is 0 Å². The van der Waals surface area contributed by atoms with E-state index in [9.17, 15) is 4.39 Å². The number of nitrogens with zero attached hydrogens (tertiary/aromatic N) is 2. The quantitative estimate of drug-likeness (QED) is 0.862. The number of hydrogen-bond acceptors (Lipinski definition) is 3. The van der Waals surface area contributed by atoms with Crippen LogP contribution >= 0.6 is 0 Å². The van der Waals surface area contributed by atoms with E-state index in [1.165, 1.54) is 6.07 Å². The summed E-state index contributed by atoms with van der Waals surface area (Å²) in [5.41, 5.74) is 8.09. The molecule has 1 unspecified atom stereocenters. The molecule has 0 aliphatic rings. The van der Waals surface area contributed by atoms with Crippen LogP contribution in [0.4, 0.5) is 4.39 Å². The van der Waals surface area contributed by atoms with Crippen molar-refractivity contribution < 1.29 is 4.39 Å². The molecule has 0 saturated heterocycles. The van der Waals surface area contributed by atoms with Crippen LogP contribution in [0.15, 0.2) is 30.5 Å². The maximum absolute atomic E-state index is 13.7. The van der Waals surface area contributed by atoms with Crippen molar-refractivity contribution >= 4 is 0 Å². The highest BCUT2D eigenvalue weighted by atomic mass is 19.1. The van der Waals surface area contributed by atoms with Crippen molar-refractivity contribution in [3.05, 3.63) is 58.9 Å². The average molecular weight is 231 g/mol. The van der Waals surface area contributed by atoms with E-state index in [0.717, 1.165) is 5.56 Å². The molecule has 2 aromatic rings. The molecule has 2 rings (SSSR count). The third-order valence-corrected chi connectivity index (χ3v) is 2.60. The Labute approximate surface area is 99.5 Å². The first-order valence-corrected chi connectivity index (χ1v) is 5.39. The summed E-state index contributed by atoms with van der Waals surface area (Å²) in [6, 6.07) is 6.04. The van der Waals surface area contributed by atoms with Crippen LogP contribution in [0.3, 0.4) is 0 Å². The van der Waals surface area contributed by atoms with Gasteiger partial charge >= 0.3 is 0 Å². The van der Waals surface area contributed by atoms with E-state index in [4.69, 9.17) is 5.73 Å². The molecule has 0 aliphatic heterocycles. The molecule has 88 valence electrons. The Hall–Kier alpha value is -1.81. The molecule has 0 amide bonds. The summed E-state index contributed by atoms with van der Waals surface area (Å²) in [7, 11) is 0. The van der Waals surface area contributed by atoms with Gasteiger partial charge in [-0.1, -0.05) is 17.7 Å². The number of aromatic nitrogens is 2. The molecule has 0 spiro atoms. The second kappa shape index (κ2) is 4.59. The van der Waals surface area contributed by atoms with Gasteiger partial charge in [-0.2, -0.15) is 0 Å². The average Bonchev–Trinajstić information content (AvgIpc) is 2.31. The Morgan fingerprint density at radius 3 is 2.71 bits per heavy atom. The van der Waals surface area contributed by atoms with Crippen molar-refractivity contribution in [1.82, 2.24) is 9.97 Å². The minimum absolute atomic E-state index is 0.306. The molecular weight excluding hydrogens is 217 g/mol. The lowest BCUT2D eigenvalue weighted by atomic mass is 10.0. The predicted molar refractivity (Wildman–Crippen MR) is 63.9 cm³/mol. The number of benzene rings is 1. The van der Waals surface area contributed by atoms with E-state index >= 15 is 0 Å². The van der Waals surface area contributed by atoms with Crippen molar-refractivity contribution in [2.24, 2.45) is 5.73 Å². The highest BCUT2D eigenvalue weighted by Crippen LogP contribution is 2.21. The van der Waals surface area contributed by atoms with E-state index in [0.29, 0.717) is 17.1 Å². The molecule has 4 heteroatoms. The van der Waals surface area contributed by atoms with Crippen LogP contribution in [0.25, 0.3) is 0 Å². The maximum atomic E-state index is 13.7. The molecule has 1 aromatic heterocycles. The van der Waals surface area contributed by atoms with Gasteiger partial charge in [0.05, 0.1) is 11.7 Å². The summed E-state index contributed by atoms with van der Waals surface area (Å²) in [5, 5.41) is 0. The fraction of sp³-hybridized carbons (Fsp3) is 0.231. The Balaban J connectivity index is 2.43. The van der Waals surface area contributed by atoms with Gasteiger partial charge < -0.3 is 5.73 Å². The van der Waals surface area contributed by atoms with Crippen LogP contribution in [0.5, 0.6) is 0 Å². The molecular formula is C13H14FN3. The summed E-state index contributed by atoms with van der Waals surface area (Å²) in [6.45, 7) is 3.68. The standard InChI is InChI=1S/C13H14FN3/c1-8-3-4-11(14)10(7-8)13(15)12-5-6-16-9(2)17-12/h3-7,13H,15H2,1-2H3. The Bertz CT molecular complexity index is 540. The zero-order valence-corrected chi connectivity index (χ0v) is 9.81. The van der Waals surface area contributed by atoms with Crippen molar-refractivity contribution in [2.75, 3.05) is 0 Å². The highest BCUT2D eigenvalue weighted by Gasteiger charge is 2.15. The first-order valence-electron chi connectivity index (χ1n) is 5.39. The van der Waals surface area contributed by atoms with Gasteiger partial charge in [0.25, 0.3) is 0 Å². The van der Waals surface area contributed by atoms with Crippen molar-refractivity contribution in [3.8, 4) is 0 Å². The normalized spacial score (nSPS) is 12.5. The van der Waals surface area contributed by atoms with E-state index in [-0.39, 0.29) is 5.82 Å². The van der Waals surface area contributed by atoms with E-state index in [1.807, 2.05) is 6.92 Å². The van der Waals surface area contributed by atoms with E-state index in [2.05, 4.69) is 9.97 Å². The summed E-state index contributed by atoms with van der Waals surface area (Å²) >= 11 is 0. The lowest BCUT2D eigenvalue weighted by molar-refractivity contribution is 0.596. The van der Waals surface area contributed by atoms with Crippen LogP contribution in [-0.2, 0) is 0 Å². The third-order valence-electron chi connectivity index (χ3n) is 2.60.